The maximum Gasteiger partial charge on any atom is 0.257 e. The SMILES string of the molecule is Cc1c(N)ccc(NC(=O)c2cc(NC(=O)C3CC3(Cl)Cl)ccc2Cl)c1C. The van der Waals surface area contributed by atoms with Crippen LogP contribution in [0.2, 0.25) is 5.02 Å². The molecule has 0 heterocycles. The van der Waals surface area contributed by atoms with E-state index in [1.165, 1.54) is 6.07 Å². The molecule has 27 heavy (non-hydrogen) atoms. The molecule has 0 saturated heterocycles. The van der Waals surface area contributed by atoms with Gasteiger partial charge in [0.2, 0.25) is 5.91 Å². The first kappa shape index (κ1) is 19.8. The Hall–Kier alpha value is -1.95. The molecule has 1 aliphatic carbocycles. The first-order chi connectivity index (χ1) is 12.6. The van der Waals surface area contributed by atoms with Crippen LogP contribution in [0.4, 0.5) is 17.1 Å². The van der Waals surface area contributed by atoms with Crippen LogP contribution in [0, 0.1) is 19.8 Å². The van der Waals surface area contributed by atoms with Crippen molar-refractivity contribution >= 4 is 63.7 Å². The Kier molecular flexibility index (Phi) is 5.30. The van der Waals surface area contributed by atoms with E-state index in [4.69, 9.17) is 40.5 Å². The number of carbonyl (C=O) groups is 2. The van der Waals surface area contributed by atoms with Gasteiger partial charge in [0.05, 0.1) is 16.5 Å². The lowest BCUT2D eigenvalue weighted by molar-refractivity contribution is -0.117. The zero-order valence-corrected chi connectivity index (χ0v) is 17.0. The van der Waals surface area contributed by atoms with Gasteiger partial charge in [0, 0.05) is 17.1 Å². The van der Waals surface area contributed by atoms with Gasteiger partial charge in [-0.3, -0.25) is 9.59 Å². The zero-order chi connectivity index (χ0) is 19.9. The van der Waals surface area contributed by atoms with Crippen LogP contribution in [-0.4, -0.2) is 16.1 Å². The lowest BCUT2D eigenvalue weighted by Gasteiger charge is -2.14. The van der Waals surface area contributed by atoms with Gasteiger partial charge in [0.25, 0.3) is 5.91 Å². The molecule has 0 spiro atoms. The number of hydrogen-bond donors (Lipinski definition) is 3. The molecule has 142 valence electrons. The second kappa shape index (κ2) is 7.23. The van der Waals surface area contributed by atoms with Crippen molar-refractivity contribution in [2.75, 3.05) is 16.4 Å². The predicted octanol–water partition coefficient (Wildman–Crippen LogP) is 4.92. The van der Waals surface area contributed by atoms with Gasteiger partial charge in [0.15, 0.2) is 0 Å². The number of nitrogen functional groups attached to an aromatic ring is 1. The summed E-state index contributed by atoms with van der Waals surface area (Å²) in [5.41, 5.74) is 9.63. The quantitative estimate of drug-likeness (QED) is 0.479. The maximum atomic E-state index is 12.7. The van der Waals surface area contributed by atoms with Crippen LogP contribution in [0.25, 0.3) is 0 Å². The van der Waals surface area contributed by atoms with Gasteiger partial charge in [0.1, 0.15) is 4.33 Å². The van der Waals surface area contributed by atoms with E-state index >= 15 is 0 Å². The lowest BCUT2D eigenvalue weighted by Crippen LogP contribution is -2.18. The monoisotopic (exact) mass is 425 g/mol. The fourth-order valence-corrected chi connectivity index (χ4v) is 3.38. The molecule has 4 N–H and O–H groups in total. The molecule has 1 unspecified atom stereocenters. The number of rotatable bonds is 4. The smallest absolute Gasteiger partial charge is 0.257 e. The highest BCUT2D eigenvalue weighted by molar-refractivity contribution is 6.52. The van der Waals surface area contributed by atoms with Crippen LogP contribution in [0.1, 0.15) is 27.9 Å². The van der Waals surface area contributed by atoms with E-state index in [0.29, 0.717) is 23.5 Å². The summed E-state index contributed by atoms with van der Waals surface area (Å²) in [7, 11) is 0. The van der Waals surface area contributed by atoms with Gasteiger partial charge in [-0.25, -0.2) is 0 Å². The van der Waals surface area contributed by atoms with E-state index in [-0.39, 0.29) is 22.4 Å². The summed E-state index contributed by atoms with van der Waals surface area (Å²) in [5.74, 6) is -1.15. The molecule has 0 bridgehead atoms. The summed E-state index contributed by atoms with van der Waals surface area (Å²) in [6.45, 7) is 3.76. The van der Waals surface area contributed by atoms with E-state index in [2.05, 4.69) is 10.6 Å². The second-order valence-corrected chi connectivity index (χ2v) is 8.56. The van der Waals surface area contributed by atoms with E-state index < -0.39 is 10.3 Å². The number of benzene rings is 2. The van der Waals surface area contributed by atoms with Crippen molar-refractivity contribution in [1.82, 2.24) is 0 Å². The molecular weight excluding hydrogens is 409 g/mol. The first-order valence-electron chi connectivity index (χ1n) is 8.25. The van der Waals surface area contributed by atoms with Crippen molar-refractivity contribution in [1.29, 1.82) is 0 Å². The highest BCUT2D eigenvalue weighted by atomic mass is 35.5. The van der Waals surface area contributed by atoms with E-state index in [9.17, 15) is 9.59 Å². The number of carbonyl (C=O) groups excluding carboxylic acids is 2. The summed E-state index contributed by atoms with van der Waals surface area (Å²) in [5, 5.41) is 5.81. The summed E-state index contributed by atoms with van der Waals surface area (Å²) < 4.78 is -1.01. The molecule has 0 radical (unpaired) electrons. The van der Waals surface area contributed by atoms with Gasteiger partial charge in [-0.05, 0) is 61.7 Å². The molecule has 1 saturated carbocycles. The number of nitrogens with one attached hydrogen (secondary N) is 2. The molecule has 1 fully saturated rings. The van der Waals surface area contributed by atoms with Crippen LogP contribution in [0.5, 0.6) is 0 Å². The van der Waals surface area contributed by atoms with Gasteiger partial charge in [-0.2, -0.15) is 0 Å². The first-order valence-corrected chi connectivity index (χ1v) is 9.39. The molecule has 3 rings (SSSR count). The minimum atomic E-state index is -1.01. The Morgan fingerprint density at radius 2 is 1.78 bits per heavy atom. The van der Waals surface area contributed by atoms with Crippen molar-refractivity contribution in [3.8, 4) is 0 Å². The number of nitrogens with two attached hydrogens (primary N) is 1. The predicted molar refractivity (Wildman–Crippen MR) is 111 cm³/mol. The minimum absolute atomic E-state index is 0.238. The Bertz CT molecular complexity index is 944. The van der Waals surface area contributed by atoms with Gasteiger partial charge < -0.3 is 16.4 Å². The minimum Gasteiger partial charge on any atom is -0.399 e. The van der Waals surface area contributed by atoms with Crippen molar-refractivity contribution in [3.05, 3.63) is 52.0 Å². The third-order valence-electron chi connectivity index (χ3n) is 4.70. The zero-order valence-electron chi connectivity index (χ0n) is 14.7. The standard InChI is InChI=1S/C19H18Cl3N3O2/c1-9-10(2)16(6-5-15(9)23)25-17(26)12-7-11(3-4-14(12)20)24-18(27)13-8-19(13,21)22/h3-7,13H,8,23H2,1-2H3,(H,24,27)(H,25,26). The molecule has 5 nitrogen and oxygen atoms in total. The van der Waals surface area contributed by atoms with Gasteiger partial charge in [-0.1, -0.05) is 11.6 Å². The number of alkyl halides is 2. The lowest BCUT2D eigenvalue weighted by atomic mass is 10.1. The van der Waals surface area contributed by atoms with Gasteiger partial charge >= 0.3 is 0 Å². The second-order valence-electron chi connectivity index (χ2n) is 6.61. The van der Waals surface area contributed by atoms with Crippen molar-refractivity contribution < 1.29 is 9.59 Å². The van der Waals surface area contributed by atoms with Gasteiger partial charge in [-0.15, -0.1) is 23.2 Å². The maximum absolute atomic E-state index is 12.7. The fourth-order valence-electron chi connectivity index (χ4n) is 2.67. The van der Waals surface area contributed by atoms with Crippen LogP contribution in [0.15, 0.2) is 30.3 Å². The van der Waals surface area contributed by atoms with E-state index in [0.717, 1.165) is 11.1 Å². The molecule has 0 aromatic heterocycles. The third-order valence-corrected chi connectivity index (χ3v) is 5.86. The topological polar surface area (TPSA) is 84.2 Å². The van der Waals surface area contributed by atoms with E-state index in [1.807, 2.05) is 13.8 Å². The third kappa shape index (κ3) is 4.15. The molecular formula is C19H18Cl3N3O2. The van der Waals surface area contributed by atoms with Crippen LogP contribution in [0.3, 0.4) is 0 Å². The Morgan fingerprint density at radius 3 is 2.41 bits per heavy atom. The van der Waals surface area contributed by atoms with Crippen LogP contribution in [-0.2, 0) is 4.79 Å². The van der Waals surface area contributed by atoms with E-state index in [1.54, 1.807) is 24.3 Å². The highest BCUT2D eigenvalue weighted by Gasteiger charge is 2.56. The summed E-state index contributed by atoms with van der Waals surface area (Å²) in [6.07, 6.45) is 0.401. The number of amides is 2. The Morgan fingerprint density at radius 1 is 1.11 bits per heavy atom. The average Bonchev–Trinajstić information content (AvgIpc) is 3.25. The van der Waals surface area contributed by atoms with Crippen LogP contribution >= 0.6 is 34.8 Å². The summed E-state index contributed by atoms with van der Waals surface area (Å²) in [6, 6.07) is 8.15. The summed E-state index contributed by atoms with van der Waals surface area (Å²) in [4.78, 5) is 24.8. The highest BCUT2D eigenvalue weighted by Crippen LogP contribution is 2.53. The van der Waals surface area contributed by atoms with Crippen molar-refractivity contribution in [2.24, 2.45) is 5.92 Å². The number of anilines is 3. The molecule has 2 amide bonds. The molecule has 0 aliphatic heterocycles. The average molecular weight is 427 g/mol. The Balaban J connectivity index is 1.79. The van der Waals surface area contributed by atoms with Crippen LogP contribution < -0.4 is 16.4 Å². The number of halogens is 3. The Labute approximate surface area is 172 Å². The molecule has 1 atom stereocenters. The molecule has 2 aromatic rings. The van der Waals surface area contributed by atoms with Crippen molar-refractivity contribution in [2.45, 2.75) is 24.6 Å². The normalized spacial score (nSPS) is 17.3. The number of hydrogen-bond acceptors (Lipinski definition) is 3. The molecule has 1 aliphatic rings. The van der Waals surface area contributed by atoms with Crippen molar-refractivity contribution in [3.63, 3.8) is 0 Å². The fraction of sp³-hybridized carbons (Fsp3) is 0.263. The summed E-state index contributed by atoms with van der Waals surface area (Å²) >= 11 is 18.0. The molecule has 8 heteroatoms. The largest absolute Gasteiger partial charge is 0.399 e. The molecule has 2 aromatic carbocycles.